The van der Waals surface area contributed by atoms with Gasteiger partial charge in [0.2, 0.25) is 0 Å². The second-order valence-electron chi connectivity index (χ2n) is 4.82. The number of hydrogen-bond acceptors (Lipinski definition) is 2. The molecule has 1 aromatic rings. The third-order valence-electron chi connectivity index (χ3n) is 3.31. The molecular formula is C13H17BrClFN2. The van der Waals surface area contributed by atoms with E-state index in [0.29, 0.717) is 15.5 Å². The monoisotopic (exact) mass is 334 g/mol. The molecular weight excluding hydrogens is 319 g/mol. The van der Waals surface area contributed by atoms with E-state index < -0.39 is 0 Å². The number of nitrogens with zero attached hydrogens (tertiary/aromatic N) is 1. The number of nitrogens with one attached hydrogen (secondary N) is 1. The van der Waals surface area contributed by atoms with Gasteiger partial charge in [-0.25, -0.2) is 4.39 Å². The Kier molecular flexibility index (Phi) is 4.87. The van der Waals surface area contributed by atoms with Gasteiger partial charge in [-0.2, -0.15) is 0 Å². The van der Waals surface area contributed by atoms with E-state index in [1.165, 1.54) is 18.6 Å². The minimum absolute atomic E-state index is 0.321. The van der Waals surface area contributed by atoms with Gasteiger partial charge in [0.15, 0.2) is 0 Å². The van der Waals surface area contributed by atoms with Crippen molar-refractivity contribution in [2.45, 2.75) is 25.3 Å². The highest BCUT2D eigenvalue weighted by Gasteiger charge is 2.17. The van der Waals surface area contributed by atoms with E-state index >= 15 is 0 Å². The average molecular weight is 336 g/mol. The highest BCUT2D eigenvalue weighted by atomic mass is 79.9. The molecule has 0 spiro atoms. The van der Waals surface area contributed by atoms with E-state index in [4.69, 9.17) is 11.6 Å². The molecule has 2 rings (SSSR count). The van der Waals surface area contributed by atoms with Crippen molar-refractivity contribution in [2.75, 3.05) is 25.5 Å². The standard InChI is InChI=1S/C13H17BrClFN2/c1-18-5-2-3-10(4-6-18)17-13-11(14)7-9(16)8-12(13)15/h7-8,10,17H,2-6H2,1H3. The van der Waals surface area contributed by atoms with E-state index in [-0.39, 0.29) is 5.82 Å². The molecule has 100 valence electrons. The first-order chi connectivity index (χ1) is 8.56. The SMILES string of the molecule is CN1CCCC(Nc2c(Cl)cc(F)cc2Br)CC1. The molecule has 1 saturated heterocycles. The van der Waals surface area contributed by atoms with Gasteiger partial charge in [0.25, 0.3) is 0 Å². The summed E-state index contributed by atoms with van der Waals surface area (Å²) in [6.45, 7) is 2.21. The fourth-order valence-electron chi connectivity index (χ4n) is 2.27. The molecule has 2 nitrogen and oxygen atoms in total. The van der Waals surface area contributed by atoms with Crippen LogP contribution in [0.4, 0.5) is 10.1 Å². The summed E-state index contributed by atoms with van der Waals surface area (Å²) in [5.41, 5.74) is 0.799. The summed E-state index contributed by atoms with van der Waals surface area (Å²) in [5.74, 6) is -0.321. The maximum Gasteiger partial charge on any atom is 0.125 e. The van der Waals surface area contributed by atoms with Crippen molar-refractivity contribution < 1.29 is 4.39 Å². The number of rotatable bonds is 2. The van der Waals surface area contributed by atoms with E-state index in [0.717, 1.165) is 31.6 Å². The predicted octanol–water partition coefficient (Wildman–Crippen LogP) is 4.14. The molecule has 1 aromatic carbocycles. The molecule has 1 aliphatic heterocycles. The Balaban J connectivity index is 2.09. The van der Waals surface area contributed by atoms with Crippen LogP contribution in [0.25, 0.3) is 0 Å². The van der Waals surface area contributed by atoms with Crippen molar-refractivity contribution in [3.8, 4) is 0 Å². The molecule has 0 amide bonds. The van der Waals surface area contributed by atoms with Crippen LogP contribution in [0.5, 0.6) is 0 Å². The summed E-state index contributed by atoms with van der Waals surface area (Å²) in [6, 6.07) is 3.18. The van der Waals surface area contributed by atoms with Crippen LogP contribution in [0.2, 0.25) is 5.02 Å². The first-order valence-corrected chi connectivity index (χ1v) is 7.33. The zero-order valence-electron chi connectivity index (χ0n) is 10.3. The summed E-state index contributed by atoms with van der Waals surface area (Å²) < 4.78 is 13.8. The first kappa shape index (κ1) is 14.1. The number of anilines is 1. The lowest BCUT2D eigenvalue weighted by Crippen LogP contribution is -2.23. The first-order valence-electron chi connectivity index (χ1n) is 6.16. The number of halogens is 3. The fraction of sp³-hybridized carbons (Fsp3) is 0.538. The fourth-order valence-corrected chi connectivity index (χ4v) is 3.19. The van der Waals surface area contributed by atoms with E-state index in [2.05, 4.69) is 33.2 Å². The van der Waals surface area contributed by atoms with Crippen LogP contribution in [0.15, 0.2) is 16.6 Å². The van der Waals surface area contributed by atoms with Gasteiger partial charge in [-0.1, -0.05) is 11.6 Å². The van der Waals surface area contributed by atoms with Crippen molar-refractivity contribution in [1.82, 2.24) is 4.90 Å². The highest BCUT2D eigenvalue weighted by molar-refractivity contribution is 9.10. The van der Waals surface area contributed by atoms with Crippen LogP contribution in [0, 0.1) is 5.82 Å². The molecule has 1 fully saturated rings. The van der Waals surface area contributed by atoms with Crippen LogP contribution < -0.4 is 5.32 Å². The van der Waals surface area contributed by atoms with Crippen LogP contribution in [-0.4, -0.2) is 31.1 Å². The Hall–Kier alpha value is -0.320. The zero-order chi connectivity index (χ0) is 13.1. The molecule has 0 bridgehead atoms. The summed E-state index contributed by atoms with van der Waals surface area (Å²) in [6.07, 6.45) is 3.37. The summed E-state index contributed by atoms with van der Waals surface area (Å²) in [4.78, 5) is 2.34. The van der Waals surface area contributed by atoms with Crippen molar-refractivity contribution >= 4 is 33.2 Å². The number of benzene rings is 1. The molecule has 0 aromatic heterocycles. The quantitative estimate of drug-likeness (QED) is 0.874. The van der Waals surface area contributed by atoms with Crippen LogP contribution in [0.1, 0.15) is 19.3 Å². The van der Waals surface area contributed by atoms with Crippen molar-refractivity contribution in [2.24, 2.45) is 0 Å². The number of likely N-dealkylation sites (tertiary alicyclic amines) is 1. The van der Waals surface area contributed by atoms with Gasteiger partial charge in [0.1, 0.15) is 5.82 Å². The molecule has 0 radical (unpaired) electrons. The van der Waals surface area contributed by atoms with Crippen molar-refractivity contribution in [1.29, 1.82) is 0 Å². The molecule has 5 heteroatoms. The Bertz CT molecular complexity index is 404. The van der Waals surface area contributed by atoms with Crippen molar-refractivity contribution in [3.63, 3.8) is 0 Å². The maximum atomic E-state index is 13.2. The topological polar surface area (TPSA) is 15.3 Å². The van der Waals surface area contributed by atoms with Gasteiger partial charge in [-0.15, -0.1) is 0 Å². The third kappa shape index (κ3) is 3.59. The lowest BCUT2D eigenvalue weighted by atomic mass is 10.1. The normalized spacial score (nSPS) is 21.7. The summed E-state index contributed by atoms with van der Waals surface area (Å²) in [7, 11) is 2.14. The summed E-state index contributed by atoms with van der Waals surface area (Å²) in [5, 5.41) is 3.86. The van der Waals surface area contributed by atoms with Gasteiger partial charge >= 0.3 is 0 Å². The van der Waals surface area contributed by atoms with Crippen LogP contribution in [-0.2, 0) is 0 Å². The van der Waals surface area contributed by atoms with Gasteiger partial charge in [-0.3, -0.25) is 0 Å². The molecule has 1 unspecified atom stereocenters. The number of hydrogen-bond donors (Lipinski definition) is 1. The molecule has 18 heavy (non-hydrogen) atoms. The van der Waals surface area contributed by atoms with E-state index in [1.54, 1.807) is 0 Å². The Morgan fingerprint density at radius 2 is 2.17 bits per heavy atom. The van der Waals surface area contributed by atoms with E-state index in [9.17, 15) is 4.39 Å². The second kappa shape index (κ2) is 6.22. The Morgan fingerprint density at radius 3 is 2.89 bits per heavy atom. The van der Waals surface area contributed by atoms with E-state index in [1.807, 2.05) is 0 Å². The molecule has 0 aliphatic carbocycles. The third-order valence-corrected chi connectivity index (χ3v) is 4.23. The predicted molar refractivity (Wildman–Crippen MR) is 77.9 cm³/mol. The highest BCUT2D eigenvalue weighted by Crippen LogP contribution is 2.33. The van der Waals surface area contributed by atoms with Crippen LogP contribution >= 0.6 is 27.5 Å². The molecule has 1 heterocycles. The maximum absolute atomic E-state index is 13.2. The average Bonchev–Trinajstić information content (AvgIpc) is 2.48. The Labute approximate surface area is 121 Å². The second-order valence-corrected chi connectivity index (χ2v) is 6.08. The lowest BCUT2D eigenvalue weighted by molar-refractivity contribution is 0.348. The van der Waals surface area contributed by atoms with Crippen molar-refractivity contribution in [3.05, 3.63) is 27.4 Å². The van der Waals surface area contributed by atoms with Gasteiger partial charge in [0.05, 0.1) is 10.7 Å². The summed E-state index contributed by atoms with van der Waals surface area (Å²) >= 11 is 9.44. The smallest absolute Gasteiger partial charge is 0.125 e. The molecule has 1 N–H and O–H groups in total. The molecule has 0 saturated carbocycles. The minimum Gasteiger partial charge on any atom is -0.380 e. The minimum atomic E-state index is -0.321. The Morgan fingerprint density at radius 1 is 1.39 bits per heavy atom. The molecule has 1 atom stereocenters. The zero-order valence-corrected chi connectivity index (χ0v) is 12.7. The van der Waals surface area contributed by atoms with Gasteiger partial charge in [-0.05, 0) is 67.5 Å². The van der Waals surface area contributed by atoms with Gasteiger partial charge < -0.3 is 10.2 Å². The largest absolute Gasteiger partial charge is 0.380 e. The van der Waals surface area contributed by atoms with Crippen LogP contribution in [0.3, 0.4) is 0 Å². The van der Waals surface area contributed by atoms with Gasteiger partial charge in [0, 0.05) is 10.5 Å². The lowest BCUT2D eigenvalue weighted by Gasteiger charge is -2.20. The molecule has 1 aliphatic rings.